The summed E-state index contributed by atoms with van der Waals surface area (Å²) in [5, 5.41) is 13.9. The number of rotatable bonds is 60. The van der Waals surface area contributed by atoms with Crippen LogP contribution < -0.4 is 5.32 Å². The van der Waals surface area contributed by atoms with Gasteiger partial charge in [-0.05, 0) is 32.1 Å². The van der Waals surface area contributed by atoms with Crippen LogP contribution in [0.4, 0.5) is 0 Å². The molecule has 0 saturated heterocycles. The second-order valence-corrected chi connectivity index (χ2v) is 24.9. The van der Waals surface area contributed by atoms with Crippen molar-refractivity contribution < 1.29 is 32.9 Å². The number of allylic oxidation sites excluding steroid dienone is 3. The van der Waals surface area contributed by atoms with E-state index in [2.05, 4.69) is 31.3 Å². The van der Waals surface area contributed by atoms with Gasteiger partial charge in [-0.15, -0.1) is 0 Å². The smallest absolute Gasteiger partial charge is 0.387 e. The van der Waals surface area contributed by atoms with Gasteiger partial charge in [0, 0.05) is 6.42 Å². The van der Waals surface area contributed by atoms with Crippen molar-refractivity contribution in [3.05, 3.63) is 24.3 Å². The molecule has 73 heavy (non-hydrogen) atoms. The molecule has 0 aliphatic carbocycles. The summed E-state index contributed by atoms with van der Waals surface area (Å²) in [5.74, 6) is -0.179. The van der Waals surface area contributed by atoms with Gasteiger partial charge in [-0.3, -0.25) is 13.8 Å². The number of likely N-dealkylation sites (N-methyl/N-ethyl adjacent to an activating group) is 1. The van der Waals surface area contributed by atoms with Gasteiger partial charge >= 0.3 is 7.82 Å². The van der Waals surface area contributed by atoms with Gasteiger partial charge < -0.3 is 19.8 Å². The van der Waals surface area contributed by atoms with E-state index < -0.39 is 20.0 Å². The lowest BCUT2D eigenvalue weighted by atomic mass is 10.0. The van der Waals surface area contributed by atoms with Gasteiger partial charge in [0.15, 0.2) is 0 Å². The summed E-state index contributed by atoms with van der Waals surface area (Å²) in [5.41, 5.74) is 0. The first-order chi connectivity index (χ1) is 35.5. The van der Waals surface area contributed by atoms with Crippen LogP contribution in [-0.4, -0.2) is 73.4 Å². The normalized spacial score (nSPS) is 13.9. The minimum absolute atomic E-state index is 0.0588. The van der Waals surface area contributed by atoms with Gasteiger partial charge in [0.25, 0.3) is 0 Å². The lowest BCUT2D eigenvalue weighted by Crippen LogP contribution is -2.45. The first kappa shape index (κ1) is 72.0. The minimum atomic E-state index is -4.35. The fraction of sp³-hybridized carbons (Fsp3) is 0.922. The van der Waals surface area contributed by atoms with Gasteiger partial charge in [0.2, 0.25) is 5.91 Å². The largest absolute Gasteiger partial charge is 0.472 e. The predicted octanol–water partition coefficient (Wildman–Crippen LogP) is 19.9. The van der Waals surface area contributed by atoms with Crippen molar-refractivity contribution in [1.29, 1.82) is 0 Å². The Morgan fingerprint density at radius 1 is 0.452 bits per heavy atom. The molecular weight excluding hydrogens is 924 g/mol. The Bertz CT molecular complexity index is 1240. The van der Waals surface area contributed by atoms with Crippen molar-refractivity contribution >= 4 is 13.7 Å². The van der Waals surface area contributed by atoms with Crippen LogP contribution >= 0.6 is 7.82 Å². The fourth-order valence-electron chi connectivity index (χ4n) is 9.89. The second-order valence-electron chi connectivity index (χ2n) is 23.5. The van der Waals surface area contributed by atoms with E-state index in [9.17, 15) is 19.4 Å². The van der Waals surface area contributed by atoms with Gasteiger partial charge in [-0.25, -0.2) is 4.57 Å². The zero-order valence-electron chi connectivity index (χ0n) is 49.7. The summed E-state index contributed by atoms with van der Waals surface area (Å²) in [6, 6.07) is -0.860. The summed E-state index contributed by atoms with van der Waals surface area (Å²) in [4.78, 5) is 23.3. The zero-order valence-corrected chi connectivity index (χ0v) is 50.5. The van der Waals surface area contributed by atoms with Crippen LogP contribution in [0.1, 0.15) is 328 Å². The number of carbonyl (C=O) groups is 1. The molecule has 0 heterocycles. The maximum Gasteiger partial charge on any atom is 0.472 e. The molecule has 0 aromatic heterocycles. The van der Waals surface area contributed by atoms with Gasteiger partial charge in [-0.1, -0.05) is 314 Å². The molecule has 1 amide bonds. The molecule has 0 aliphatic rings. The summed E-state index contributed by atoms with van der Waals surface area (Å²) in [7, 11) is 1.57. The molecule has 0 spiro atoms. The third-order valence-corrected chi connectivity index (χ3v) is 15.9. The van der Waals surface area contributed by atoms with Crippen LogP contribution in [0.15, 0.2) is 24.3 Å². The number of nitrogens with zero attached hydrogens (tertiary/aromatic N) is 1. The number of hydrogen-bond donors (Lipinski definition) is 3. The van der Waals surface area contributed by atoms with Crippen LogP contribution in [0.2, 0.25) is 0 Å². The number of hydrogen-bond acceptors (Lipinski definition) is 5. The van der Waals surface area contributed by atoms with E-state index in [1.165, 1.54) is 270 Å². The van der Waals surface area contributed by atoms with Crippen LogP contribution in [0.5, 0.6) is 0 Å². The maximum atomic E-state index is 13.0. The average molecular weight is 1050 g/mol. The molecular formula is C64H128N2O6P+. The highest BCUT2D eigenvalue weighted by Crippen LogP contribution is 2.43. The third-order valence-electron chi connectivity index (χ3n) is 14.9. The molecule has 0 fully saturated rings. The van der Waals surface area contributed by atoms with Gasteiger partial charge in [0.1, 0.15) is 13.2 Å². The van der Waals surface area contributed by atoms with E-state index >= 15 is 0 Å². The summed E-state index contributed by atoms with van der Waals surface area (Å²) >= 11 is 0. The van der Waals surface area contributed by atoms with Gasteiger partial charge in [-0.2, -0.15) is 0 Å². The lowest BCUT2D eigenvalue weighted by Gasteiger charge is -2.25. The molecule has 0 aromatic carbocycles. The zero-order chi connectivity index (χ0) is 53.5. The Labute approximate surface area is 455 Å². The van der Waals surface area contributed by atoms with E-state index in [-0.39, 0.29) is 19.1 Å². The van der Waals surface area contributed by atoms with E-state index in [0.717, 1.165) is 38.5 Å². The third kappa shape index (κ3) is 58.5. The van der Waals surface area contributed by atoms with E-state index in [1.807, 2.05) is 27.2 Å². The molecule has 0 rings (SSSR count). The number of nitrogens with one attached hydrogen (secondary N) is 1. The number of carbonyl (C=O) groups excluding carboxylic acids is 1. The molecule has 0 saturated carbocycles. The highest BCUT2D eigenvalue weighted by Gasteiger charge is 2.27. The molecule has 3 N–H and O–H groups in total. The van der Waals surface area contributed by atoms with Crippen LogP contribution in [0.25, 0.3) is 0 Å². The van der Waals surface area contributed by atoms with Crippen molar-refractivity contribution in [2.45, 2.75) is 341 Å². The monoisotopic (exact) mass is 1050 g/mol. The Morgan fingerprint density at radius 2 is 0.753 bits per heavy atom. The number of phosphoric acid groups is 1. The molecule has 0 radical (unpaired) electrons. The molecule has 0 aromatic rings. The molecule has 0 aliphatic heterocycles. The maximum absolute atomic E-state index is 13.0. The first-order valence-electron chi connectivity index (χ1n) is 32.2. The topological polar surface area (TPSA) is 105 Å². The minimum Gasteiger partial charge on any atom is -0.387 e. The highest BCUT2D eigenvalue weighted by atomic mass is 31.2. The molecule has 3 unspecified atom stereocenters. The number of unbranched alkanes of at least 4 members (excludes halogenated alkanes) is 45. The van der Waals surface area contributed by atoms with Crippen molar-refractivity contribution in [3.8, 4) is 0 Å². The SMILES string of the molecule is CCCCCCCCCCCCCC/C=C/CC/C=C/C(O)C(COP(=O)(O)OCC[N+](C)(C)C)NC(=O)CCCCCCCCCCCCCCCCCCCCCCCCCCCCCCCCCCC. The summed E-state index contributed by atoms with van der Waals surface area (Å²) < 4.78 is 23.7. The molecule has 434 valence electrons. The average Bonchev–Trinajstić information content (AvgIpc) is 3.35. The van der Waals surface area contributed by atoms with Crippen molar-refractivity contribution in [2.24, 2.45) is 0 Å². The molecule has 9 heteroatoms. The van der Waals surface area contributed by atoms with Gasteiger partial charge in [0.05, 0.1) is 39.9 Å². The standard InChI is InChI=1S/C64H127N2O6P/c1-6-8-10-12-14-16-18-20-22-24-26-27-28-29-30-31-32-33-34-35-36-37-38-39-40-42-44-46-48-50-52-54-56-58-64(68)65-62(61-72-73(69,70)71-60-59-66(3,4)5)63(67)57-55-53-51-49-47-45-43-41-25-23-21-19-17-15-13-11-9-7-2/h47,49,55,57,62-63,67H,6-46,48,50-54,56,58-61H2,1-5H3,(H-,65,68,69,70)/p+1/b49-47+,57-55+. The Balaban J connectivity index is 4.02. The van der Waals surface area contributed by atoms with Crippen LogP contribution in [0, 0.1) is 0 Å². The predicted molar refractivity (Wildman–Crippen MR) is 318 cm³/mol. The van der Waals surface area contributed by atoms with E-state index in [0.29, 0.717) is 17.4 Å². The van der Waals surface area contributed by atoms with Crippen molar-refractivity contribution in [2.75, 3.05) is 40.9 Å². The number of aliphatic hydroxyl groups excluding tert-OH is 1. The Hall–Kier alpha value is -1.02. The van der Waals surface area contributed by atoms with E-state index in [1.54, 1.807) is 6.08 Å². The van der Waals surface area contributed by atoms with Crippen molar-refractivity contribution in [1.82, 2.24) is 5.32 Å². The van der Waals surface area contributed by atoms with Crippen LogP contribution in [-0.2, 0) is 18.4 Å². The summed E-state index contributed by atoms with van der Waals surface area (Å²) in [6.07, 6.45) is 71.8. The number of quaternary nitrogens is 1. The first-order valence-corrected chi connectivity index (χ1v) is 33.7. The van der Waals surface area contributed by atoms with Crippen molar-refractivity contribution in [3.63, 3.8) is 0 Å². The molecule has 8 nitrogen and oxygen atoms in total. The van der Waals surface area contributed by atoms with Crippen LogP contribution in [0.3, 0.4) is 0 Å². The number of phosphoric ester groups is 1. The molecule has 3 atom stereocenters. The molecule has 0 bridgehead atoms. The quantitative estimate of drug-likeness (QED) is 0.0243. The Kier molecular flexibility index (Phi) is 54.9. The fourth-order valence-corrected chi connectivity index (χ4v) is 10.6. The summed E-state index contributed by atoms with van der Waals surface area (Å²) in [6.45, 7) is 4.85. The number of aliphatic hydroxyl groups is 1. The number of amides is 1. The van der Waals surface area contributed by atoms with E-state index in [4.69, 9.17) is 9.05 Å². The Morgan fingerprint density at radius 3 is 1.10 bits per heavy atom. The lowest BCUT2D eigenvalue weighted by molar-refractivity contribution is -0.870. The second kappa shape index (κ2) is 55.7. The highest BCUT2D eigenvalue weighted by molar-refractivity contribution is 7.47.